The van der Waals surface area contributed by atoms with Gasteiger partial charge in [-0.25, -0.2) is 13.8 Å². The number of H-pyrrole nitrogens is 1. The highest BCUT2D eigenvalue weighted by Crippen LogP contribution is 2.27. The lowest BCUT2D eigenvalue weighted by Gasteiger charge is -1.99. The average molecular weight is 347 g/mol. The summed E-state index contributed by atoms with van der Waals surface area (Å²) in [5, 5.41) is 9.44. The second-order valence-electron chi connectivity index (χ2n) is 5.60. The Bertz CT molecular complexity index is 1150. The van der Waals surface area contributed by atoms with Gasteiger partial charge in [0.05, 0.1) is 22.2 Å². The van der Waals surface area contributed by atoms with E-state index < -0.39 is 11.6 Å². The highest BCUT2D eigenvalue weighted by Gasteiger charge is 2.12. The van der Waals surface area contributed by atoms with Gasteiger partial charge < -0.3 is 9.40 Å². The molecular weight excluding hydrogens is 336 g/mol. The number of para-hydroxylation sites is 2. The third-order valence-corrected chi connectivity index (χ3v) is 3.87. The number of nitrogens with one attached hydrogen (secondary N) is 1. The van der Waals surface area contributed by atoms with Crippen molar-refractivity contribution in [1.82, 2.24) is 9.97 Å². The van der Waals surface area contributed by atoms with E-state index in [0.717, 1.165) is 23.2 Å². The number of hydrogen-bond donors (Lipinski definition) is 1. The van der Waals surface area contributed by atoms with Gasteiger partial charge in [-0.05, 0) is 36.4 Å². The number of imidazole rings is 1. The third kappa shape index (κ3) is 2.87. The van der Waals surface area contributed by atoms with Crippen LogP contribution in [-0.4, -0.2) is 9.97 Å². The van der Waals surface area contributed by atoms with E-state index in [4.69, 9.17) is 4.42 Å². The summed E-state index contributed by atoms with van der Waals surface area (Å²) in [6.45, 7) is 0. The summed E-state index contributed by atoms with van der Waals surface area (Å²) >= 11 is 0. The maximum absolute atomic E-state index is 13.9. The molecule has 4 aromatic rings. The molecular formula is C20H11F2N3O. The number of furan rings is 1. The van der Waals surface area contributed by atoms with Gasteiger partial charge in [-0.3, -0.25) is 0 Å². The lowest BCUT2D eigenvalue weighted by atomic mass is 10.1. The van der Waals surface area contributed by atoms with Crippen LogP contribution in [0.4, 0.5) is 8.78 Å². The van der Waals surface area contributed by atoms with Gasteiger partial charge in [0.25, 0.3) is 0 Å². The Hall–Kier alpha value is -3.72. The monoisotopic (exact) mass is 347 g/mol. The SMILES string of the molecule is N#CC(=Cc1ccc(-c2ccc(F)cc2F)o1)c1nc2ccccc2[nH]1. The summed E-state index contributed by atoms with van der Waals surface area (Å²) in [6, 6.07) is 15.9. The number of hydrogen-bond acceptors (Lipinski definition) is 3. The maximum atomic E-state index is 13.9. The van der Waals surface area contributed by atoms with E-state index >= 15 is 0 Å². The number of nitriles is 1. The van der Waals surface area contributed by atoms with Crippen LogP contribution in [0.3, 0.4) is 0 Å². The summed E-state index contributed by atoms with van der Waals surface area (Å²) in [7, 11) is 0. The Kier molecular flexibility index (Phi) is 3.82. The molecule has 0 aliphatic rings. The first-order chi connectivity index (χ1) is 12.6. The molecule has 1 N–H and O–H groups in total. The normalized spacial score (nSPS) is 11.7. The van der Waals surface area contributed by atoms with Crippen LogP contribution in [0.15, 0.2) is 59.0 Å². The van der Waals surface area contributed by atoms with Crippen LogP contribution in [0.2, 0.25) is 0 Å². The van der Waals surface area contributed by atoms with Gasteiger partial charge in [-0.1, -0.05) is 12.1 Å². The van der Waals surface area contributed by atoms with Gasteiger partial charge in [-0.15, -0.1) is 0 Å². The smallest absolute Gasteiger partial charge is 0.149 e. The van der Waals surface area contributed by atoms with Crippen molar-refractivity contribution in [2.24, 2.45) is 0 Å². The van der Waals surface area contributed by atoms with Gasteiger partial charge in [0.2, 0.25) is 0 Å². The number of rotatable bonds is 3. The van der Waals surface area contributed by atoms with Crippen molar-refractivity contribution in [1.29, 1.82) is 5.26 Å². The molecule has 0 bridgehead atoms. The molecule has 0 saturated carbocycles. The molecule has 0 atom stereocenters. The van der Waals surface area contributed by atoms with Crippen molar-refractivity contribution in [2.45, 2.75) is 0 Å². The van der Waals surface area contributed by atoms with Gasteiger partial charge >= 0.3 is 0 Å². The molecule has 2 aromatic heterocycles. The Morgan fingerprint density at radius 1 is 1.12 bits per heavy atom. The van der Waals surface area contributed by atoms with E-state index in [9.17, 15) is 14.0 Å². The van der Waals surface area contributed by atoms with Crippen LogP contribution in [0, 0.1) is 23.0 Å². The highest BCUT2D eigenvalue weighted by atomic mass is 19.1. The Morgan fingerprint density at radius 3 is 2.73 bits per heavy atom. The number of aromatic nitrogens is 2. The third-order valence-electron chi connectivity index (χ3n) is 3.87. The number of aromatic amines is 1. The van der Waals surface area contributed by atoms with Crippen molar-refractivity contribution < 1.29 is 13.2 Å². The predicted molar refractivity (Wildman–Crippen MR) is 93.6 cm³/mol. The largest absolute Gasteiger partial charge is 0.457 e. The molecule has 6 heteroatoms. The van der Waals surface area contributed by atoms with Gasteiger partial charge in [-0.2, -0.15) is 5.26 Å². The van der Waals surface area contributed by atoms with E-state index in [1.54, 1.807) is 12.1 Å². The summed E-state index contributed by atoms with van der Waals surface area (Å²) < 4.78 is 32.5. The molecule has 0 fully saturated rings. The van der Waals surface area contributed by atoms with Gasteiger partial charge in [0.1, 0.15) is 35.0 Å². The first kappa shape index (κ1) is 15.8. The molecule has 2 aromatic carbocycles. The second-order valence-corrected chi connectivity index (χ2v) is 5.60. The molecule has 4 rings (SSSR count). The van der Waals surface area contributed by atoms with E-state index in [-0.39, 0.29) is 16.9 Å². The zero-order valence-electron chi connectivity index (χ0n) is 13.3. The number of fused-ring (bicyclic) bond motifs is 1. The van der Waals surface area contributed by atoms with Crippen LogP contribution < -0.4 is 0 Å². The Labute approximate surface area is 147 Å². The lowest BCUT2D eigenvalue weighted by Crippen LogP contribution is -1.85. The molecule has 0 aliphatic carbocycles. The fourth-order valence-electron chi connectivity index (χ4n) is 2.64. The quantitative estimate of drug-likeness (QED) is 0.520. The fraction of sp³-hybridized carbons (Fsp3) is 0. The Morgan fingerprint density at radius 2 is 1.96 bits per heavy atom. The van der Waals surface area contributed by atoms with Crippen LogP contribution in [0.1, 0.15) is 11.6 Å². The number of benzene rings is 2. The minimum Gasteiger partial charge on any atom is -0.457 e. The molecule has 4 nitrogen and oxygen atoms in total. The standard InChI is InChI=1S/C20H11F2N3O/c21-13-5-7-15(16(22)10-13)19-8-6-14(26-19)9-12(11-23)20-24-17-3-1-2-4-18(17)25-20/h1-10H,(H,24,25). The van der Waals surface area contributed by atoms with E-state index in [0.29, 0.717) is 11.6 Å². The number of halogens is 2. The summed E-state index contributed by atoms with van der Waals surface area (Å²) in [5.41, 5.74) is 1.99. The fourth-order valence-corrected chi connectivity index (χ4v) is 2.64. The first-order valence-electron chi connectivity index (χ1n) is 7.76. The predicted octanol–water partition coefficient (Wildman–Crippen LogP) is 5.17. The zero-order chi connectivity index (χ0) is 18.1. The zero-order valence-corrected chi connectivity index (χ0v) is 13.3. The molecule has 26 heavy (non-hydrogen) atoms. The molecule has 0 radical (unpaired) electrons. The van der Waals surface area contributed by atoms with E-state index in [1.165, 1.54) is 12.1 Å². The maximum Gasteiger partial charge on any atom is 0.149 e. The van der Waals surface area contributed by atoms with Crippen molar-refractivity contribution in [2.75, 3.05) is 0 Å². The lowest BCUT2D eigenvalue weighted by molar-refractivity contribution is 0.554. The number of allylic oxidation sites excluding steroid dienone is 1. The minimum absolute atomic E-state index is 0.147. The van der Waals surface area contributed by atoms with Gasteiger partial charge in [0.15, 0.2) is 0 Å². The topological polar surface area (TPSA) is 65.6 Å². The second kappa shape index (κ2) is 6.30. The summed E-state index contributed by atoms with van der Waals surface area (Å²) in [5.74, 6) is -0.349. The summed E-state index contributed by atoms with van der Waals surface area (Å²) in [6.07, 6.45) is 1.52. The highest BCUT2D eigenvalue weighted by molar-refractivity contribution is 5.89. The summed E-state index contributed by atoms with van der Waals surface area (Å²) in [4.78, 5) is 7.45. The van der Waals surface area contributed by atoms with Crippen molar-refractivity contribution in [3.63, 3.8) is 0 Å². The van der Waals surface area contributed by atoms with Crippen LogP contribution in [-0.2, 0) is 0 Å². The van der Waals surface area contributed by atoms with Crippen LogP contribution in [0.25, 0.3) is 34.0 Å². The molecule has 0 spiro atoms. The van der Waals surface area contributed by atoms with Crippen molar-refractivity contribution >= 4 is 22.7 Å². The molecule has 0 unspecified atom stereocenters. The Balaban J connectivity index is 1.71. The van der Waals surface area contributed by atoms with E-state index in [2.05, 4.69) is 16.0 Å². The van der Waals surface area contributed by atoms with Crippen LogP contribution in [0.5, 0.6) is 0 Å². The number of nitrogens with zero attached hydrogens (tertiary/aromatic N) is 2. The molecule has 0 aliphatic heterocycles. The minimum atomic E-state index is -0.715. The van der Waals surface area contributed by atoms with Crippen molar-refractivity contribution in [3.8, 4) is 17.4 Å². The average Bonchev–Trinajstić information content (AvgIpc) is 3.26. The van der Waals surface area contributed by atoms with Crippen LogP contribution >= 0.6 is 0 Å². The van der Waals surface area contributed by atoms with E-state index in [1.807, 2.05) is 24.3 Å². The molecule has 0 saturated heterocycles. The molecule has 0 amide bonds. The first-order valence-corrected chi connectivity index (χ1v) is 7.76. The van der Waals surface area contributed by atoms with Gasteiger partial charge in [0, 0.05) is 12.1 Å². The molecule has 2 heterocycles. The molecule has 126 valence electrons. The van der Waals surface area contributed by atoms with Crippen molar-refractivity contribution in [3.05, 3.63) is 77.8 Å².